The van der Waals surface area contributed by atoms with Gasteiger partial charge in [-0.2, -0.15) is 0 Å². The van der Waals surface area contributed by atoms with Crippen molar-refractivity contribution in [3.8, 4) is 0 Å². The van der Waals surface area contributed by atoms with E-state index in [-0.39, 0.29) is 0 Å². The molecule has 0 amide bonds. The van der Waals surface area contributed by atoms with Crippen molar-refractivity contribution in [2.75, 3.05) is 13.4 Å². The van der Waals surface area contributed by atoms with Crippen LogP contribution in [0.3, 0.4) is 0 Å². The topological polar surface area (TPSA) is 80.7 Å². The van der Waals surface area contributed by atoms with Gasteiger partial charge in [0.2, 0.25) is 0 Å². The van der Waals surface area contributed by atoms with E-state index in [9.17, 15) is 18.3 Å². The second-order valence-electron chi connectivity index (χ2n) is 5.42. The number of rotatable bonds is 6. The summed E-state index contributed by atoms with van der Waals surface area (Å²) in [6, 6.07) is 0. The molecule has 1 aliphatic rings. The highest BCUT2D eigenvalue weighted by atomic mass is 32.2. The molecule has 1 saturated carbocycles. The molecule has 0 spiro atoms. The molecule has 0 saturated heterocycles. The molecule has 6 heteroatoms. The standard InChI is InChI=1S/C13H24O5S/c1-4-5-7-10(12(14)18-2)13(15)9-6-8-11(13)19(3,16)17/h10-11,15H,4-9H2,1-3H3. The van der Waals surface area contributed by atoms with Gasteiger partial charge in [-0.25, -0.2) is 8.42 Å². The minimum absolute atomic E-state index is 0.341. The highest BCUT2D eigenvalue weighted by molar-refractivity contribution is 7.91. The Balaban J connectivity index is 3.07. The molecule has 0 aliphatic heterocycles. The van der Waals surface area contributed by atoms with E-state index in [1.54, 1.807) is 0 Å². The van der Waals surface area contributed by atoms with Crippen LogP contribution in [0.25, 0.3) is 0 Å². The number of carbonyl (C=O) groups is 1. The number of methoxy groups -OCH3 is 1. The molecule has 1 aliphatic carbocycles. The Hall–Kier alpha value is -0.620. The number of esters is 1. The van der Waals surface area contributed by atoms with Gasteiger partial charge >= 0.3 is 5.97 Å². The van der Waals surface area contributed by atoms with Crippen molar-refractivity contribution >= 4 is 15.8 Å². The summed E-state index contributed by atoms with van der Waals surface area (Å²) in [6.45, 7) is 1.99. The Labute approximate surface area is 115 Å². The van der Waals surface area contributed by atoms with Gasteiger partial charge < -0.3 is 9.84 Å². The Morgan fingerprint density at radius 1 is 1.53 bits per heavy atom. The first-order chi connectivity index (χ1) is 8.77. The number of ether oxygens (including phenoxy) is 1. The molecule has 1 rings (SSSR count). The van der Waals surface area contributed by atoms with Crippen molar-refractivity contribution in [2.24, 2.45) is 5.92 Å². The first-order valence-corrected chi connectivity index (χ1v) is 8.72. The zero-order chi connectivity index (χ0) is 14.7. The van der Waals surface area contributed by atoms with Crippen molar-refractivity contribution in [1.29, 1.82) is 0 Å². The van der Waals surface area contributed by atoms with Crippen LogP contribution in [0.2, 0.25) is 0 Å². The molecule has 0 aromatic carbocycles. The van der Waals surface area contributed by atoms with Crippen molar-refractivity contribution < 1.29 is 23.1 Å². The molecule has 1 N–H and O–H groups in total. The Bertz CT molecular complexity index is 417. The number of hydrogen-bond donors (Lipinski definition) is 1. The summed E-state index contributed by atoms with van der Waals surface area (Å²) >= 11 is 0. The molecule has 0 aromatic heterocycles. The Morgan fingerprint density at radius 2 is 2.16 bits per heavy atom. The zero-order valence-corrected chi connectivity index (χ0v) is 12.7. The molecule has 112 valence electrons. The molecule has 0 radical (unpaired) electrons. The summed E-state index contributed by atoms with van der Waals surface area (Å²) in [5.41, 5.74) is -1.48. The average Bonchev–Trinajstić information content (AvgIpc) is 2.72. The van der Waals surface area contributed by atoms with Crippen LogP contribution >= 0.6 is 0 Å². The highest BCUT2D eigenvalue weighted by Crippen LogP contribution is 2.42. The lowest BCUT2D eigenvalue weighted by Crippen LogP contribution is -2.51. The summed E-state index contributed by atoms with van der Waals surface area (Å²) < 4.78 is 28.4. The van der Waals surface area contributed by atoms with Crippen LogP contribution in [0, 0.1) is 5.92 Å². The van der Waals surface area contributed by atoms with E-state index >= 15 is 0 Å². The number of unbranched alkanes of at least 4 members (excludes halogenated alkanes) is 1. The van der Waals surface area contributed by atoms with E-state index in [1.165, 1.54) is 7.11 Å². The molecule has 0 bridgehead atoms. The Morgan fingerprint density at radius 3 is 2.63 bits per heavy atom. The third-order valence-corrected chi connectivity index (χ3v) is 5.73. The summed E-state index contributed by atoms with van der Waals surface area (Å²) in [5.74, 6) is -1.26. The van der Waals surface area contributed by atoms with Crippen molar-refractivity contribution in [2.45, 2.75) is 56.3 Å². The molecule has 0 heterocycles. The van der Waals surface area contributed by atoms with Crippen LogP contribution in [-0.2, 0) is 19.4 Å². The van der Waals surface area contributed by atoms with Gasteiger partial charge in [-0.15, -0.1) is 0 Å². The average molecular weight is 292 g/mol. The fourth-order valence-corrected chi connectivity index (χ4v) is 4.71. The van der Waals surface area contributed by atoms with Gasteiger partial charge in [0.05, 0.1) is 23.9 Å². The van der Waals surface area contributed by atoms with Crippen LogP contribution in [0.1, 0.15) is 45.4 Å². The van der Waals surface area contributed by atoms with E-state index < -0.39 is 32.6 Å². The Kier molecular flexibility index (Phi) is 5.38. The van der Waals surface area contributed by atoms with Gasteiger partial charge in [-0.3, -0.25) is 4.79 Å². The third-order valence-electron chi connectivity index (χ3n) is 4.05. The predicted octanol–water partition coefficient (Wildman–Crippen LogP) is 1.29. The van der Waals surface area contributed by atoms with Gasteiger partial charge in [-0.1, -0.05) is 19.8 Å². The molecule has 5 nitrogen and oxygen atoms in total. The maximum absolute atomic E-state index is 11.9. The molecular formula is C13H24O5S. The number of sulfone groups is 1. The summed E-state index contributed by atoms with van der Waals surface area (Å²) in [5, 5.41) is 9.93. The van der Waals surface area contributed by atoms with Gasteiger partial charge in [-0.05, 0) is 25.7 Å². The maximum Gasteiger partial charge on any atom is 0.311 e. The highest BCUT2D eigenvalue weighted by Gasteiger charge is 2.54. The first-order valence-electron chi connectivity index (χ1n) is 6.76. The first kappa shape index (κ1) is 16.4. The third kappa shape index (κ3) is 3.48. The smallest absolute Gasteiger partial charge is 0.311 e. The molecule has 1 fully saturated rings. The summed E-state index contributed by atoms with van der Waals surface area (Å²) in [4.78, 5) is 11.9. The van der Waals surface area contributed by atoms with Crippen molar-refractivity contribution in [3.05, 3.63) is 0 Å². The molecule has 3 atom stereocenters. The molecule has 3 unspecified atom stereocenters. The minimum atomic E-state index is -3.38. The van der Waals surface area contributed by atoms with Crippen LogP contribution in [-0.4, -0.2) is 43.7 Å². The van der Waals surface area contributed by atoms with Crippen LogP contribution in [0.4, 0.5) is 0 Å². The van der Waals surface area contributed by atoms with E-state index in [0.717, 1.165) is 19.1 Å². The predicted molar refractivity (Wildman–Crippen MR) is 72.5 cm³/mol. The lowest BCUT2D eigenvalue weighted by molar-refractivity contribution is -0.155. The minimum Gasteiger partial charge on any atom is -0.469 e. The monoisotopic (exact) mass is 292 g/mol. The van der Waals surface area contributed by atoms with E-state index in [0.29, 0.717) is 25.7 Å². The second-order valence-corrected chi connectivity index (χ2v) is 7.65. The fourth-order valence-electron chi connectivity index (χ4n) is 3.09. The normalized spacial score (nSPS) is 29.2. The van der Waals surface area contributed by atoms with Crippen LogP contribution in [0.15, 0.2) is 0 Å². The number of carbonyl (C=O) groups excluding carboxylic acids is 1. The van der Waals surface area contributed by atoms with Gasteiger partial charge in [0, 0.05) is 6.26 Å². The van der Waals surface area contributed by atoms with Crippen LogP contribution in [0.5, 0.6) is 0 Å². The second kappa shape index (κ2) is 6.22. The lowest BCUT2D eigenvalue weighted by Gasteiger charge is -2.35. The number of hydrogen-bond acceptors (Lipinski definition) is 5. The SMILES string of the molecule is CCCCC(C(=O)OC)C1(O)CCCC1S(C)(=O)=O. The van der Waals surface area contributed by atoms with Gasteiger partial charge in [0.1, 0.15) is 0 Å². The van der Waals surface area contributed by atoms with E-state index in [1.807, 2.05) is 6.92 Å². The molecular weight excluding hydrogens is 268 g/mol. The number of aliphatic hydroxyl groups is 1. The quantitative estimate of drug-likeness (QED) is 0.746. The molecule has 0 aromatic rings. The van der Waals surface area contributed by atoms with Crippen LogP contribution < -0.4 is 0 Å². The fraction of sp³-hybridized carbons (Fsp3) is 0.923. The largest absolute Gasteiger partial charge is 0.469 e. The summed E-state index contributed by atoms with van der Waals surface area (Å²) in [6.07, 6.45) is 4.61. The van der Waals surface area contributed by atoms with Crippen molar-refractivity contribution in [3.63, 3.8) is 0 Å². The van der Waals surface area contributed by atoms with Gasteiger partial charge in [0.25, 0.3) is 0 Å². The van der Waals surface area contributed by atoms with E-state index in [2.05, 4.69) is 0 Å². The lowest BCUT2D eigenvalue weighted by atomic mass is 9.82. The van der Waals surface area contributed by atoms with Crippen molar-refractivity contribution in [1.82, 2.24) is 0 Å². The zero-order valence-electron chi connectivity index (χ0n) is 11.9. The summed E-state index contributed by atoms with van der Waals surface area (Å²) in [7, 11) is -2.11. The maximum atomic E-state index is 11.9. The molecule has 19 heavy (non-hydrogen) atoms. The van der Waals surface area contributed by atoms with Gasteiger partial charge in [0.15, 0.2) is 9.84 Å². The van der Waals surface area contributed by atoms with E-state index in [4.69, 9.17) is 4.74 Å².